The summed E-state index contributed by atoms with van der Waals surface area (Å²) in [6.45, 7) is 13.5. The van der Waals surface area contributed by atoms with E-state index in [1.807, 2.05) is 0 Å². The molecule has 2 heteroatoms. The number of hydrogen-bond acceptors (Lipinski definition) is 2. The Bertz CT molecular complexity index is 203. The first-order chi connectivity index (χ1) is 8.61. The molecular weight excluding hydrogens is 220 g/mol. The van der Waals surface area contributed by atoms with E-state index in [1.165, 1.54) is 64.8 Å². The van der Waals surface area contributed by atoms with Crippen LogP contribution in [0.2, 0.25) is 0 Å². The lowest BCUT2D eigenvalue weighted by molar-refractivity contribution is 0.154. The number of nitrogens with zero attached hydrogens (tertiary/aromatic N) is 2. The van der Waals surface area contributed by atoms with Gasteiger partial charge in [-0.2, -0.15) is 0 Å². The minimum Gasteiger partial charge on any atom is -0.306 e. The molecule has 1 rings (SSSR count). The van der Waals surface area contributed by atoms with Crippen molar-refractivity contribution in [3.8, 4) is 0 Å². The van der Waals surface area contributed by atoms with Gasteiger partial charge < -0.3 is 9.80 Å². The zero-order chi connectivity index (χ0) is 13.4. The second-order valence-corrected chi connectivity index (χ2v) is 6.61. The molecule has 0 spiro atoms. The van der Waals surface area contributed by atoms with Gasteiger partial charge in [-0.3, -0.25) is 0 Å². The summed E-state index contributed by atoms with van der Waals surface area (Å²) < 4.78 is 0. The van der Waals surface area contributed by atoms with Gasteiger partial charge in [0.25, 0.3) is 0 Å². The number of unbranched alkanes of at least 4 members (excludes halogenated alkanes) is 1. The van der Waals surface area contributed by atoms with Crippen LogP contribution in [-0.4, -0.2) is 49.6 Å². The van der Waals surface area contributed by atoms with E-state index >= 15 is 0 Å². The minimum atomic E-state index is 0.794. The van der Waals surface area contributed by atoms with Crippen LogP contribution in [0.5, 0.6) is 0 Å². The first-order valence-electron chi connectivity index (χ1n) is 8.02. The molecule has 2 nitrogen and oxygen atoms in total. The van der Waals surface area contributed by atoms with Crippen molar-refractivity contribution in [2.45, 2.75) is 52.9 Å². The largest absolute Gasteiger partial charge is 0.306 e. The molecule has 1 saturated heterocycles. The van der Waals surface area contributed by atoms with Gasteiger partial charge in [-0.05, 0) is 64.2 Å². The van der Waals surface area contributed by atoms with Crippen molar-refractivity contribution >= 4 is 0 Å². The Morgan fingerprint density at radius 1 is 1.33 bits per heavy atom. The summed E-state index contributed by atoms with van der Waals surface area (Å²) in [6.07, 6.45) is 6.98. The normalized spacial score (nSPS) is 22.0. The predicted octanol–water partition coefficient (Wildman–Crippen LogP) is 3.48. The van der Waals surface area contributed by atoms with Crippen molar-refractivity contribution in [3.05, 3.63) is 0 Å². The molecule has 0 aliphatic carbocycles. The highest BCUT2D eigenvalue weighted by atomic mass is 15.1. The number of likely N-dealkylation sites (tertiary alicyclic amines) is 1. The molecule has 108 valence electrons. The lowest BCUT2D eigenvalue weighted by atomic mass is 9.94. The smallest absolute Gasteiger partial charge is 0.00101 e. The minimum absolute atomic E-state index is 0.794. The molecule has 1 fully saturated rings. The topological polar surface area (TPSA) is 6.48 Å². The summed E-state index contributed by atoms with van der Waals surface area (Å²) in [5.41, 5.74) is 0. The third-order valence-corrected chi connectivity index (χ3v) is 4.03. The van der Waals surface area contributed by atoms with E-state index in [2.05, 4.69) is 37.6 Å². The van der Waals surface area contributed by atoms with E-state index < -0.39 is 0 Å². The molecule has 1 atom stereocenters. The van der Waals surface area contributed by atoms with Crippen molar-refractivity contribution in [2.24, 2.45) is 11.8 Å². The Kier molecular flexibility index (Phi) is 7.92. The van der Waals surface area contributed by atoms with E-state index in [1.54, 1.807) is 0 Å². The first kappa shape index (κ1) is 16.0. The SMILES string of the molecule is CCCCN1CCCC(CCN(C)CC(C)C)C1. The van der Waals surface area contributed by atoms with Crippen molar-refractivity contribution < 1.29 is 0 Å². The van der Waals surface area contributed by atoms with Crippen LogP contribution in [0.3, 0.4) is 0 Å². The lowest BCUT2D eigenvalue weighted by Gasteiger charge is -2.33. The monoisotopic (exact) mass is 254 g/mol. The number of hydrogen-bond donors (Lipinski definition) is 0. The average molecular weight is 254 g/mol. The fourth-order valence-electron chi connectivity index (χ4n) is 3.09. The van der Waals surface area contributed by atoms with Gasteiger partial charge in [-0.25, -0.2) is 0 Å². The van der Waals surface area contributed by atoms with Crippen LogP contribution in [-0.2, 0) is 0 Å². The maximum atomic E-state index is 2.69. The van der Waals surface area contributed by atoms with Crippen LogP contribution in [0.4, 0.5) is 0 Å². The summed E-state index contributed by atoms with van der Waals surface area (Å²) in [7, 11) is 2.28. The molecule has 0 aromatic rings. The number of rotatable bonds is 8. The first-order valence-corrected chi connectivity index (χ1v) is 8.02. The maximum absolute atomic E-state index is 2.69. The molecule has 1 aliphatic heterocycles. The van der Waals surface area contributed by atoms with Gasteiger partial charge in [-0.1, -0.05) is 27.2 Å². The quantitative estimate of drug-likeness (QED) is 0.654. The molecule has 0 aromatic carbocycles. The van der Waals surface area contributed by atoms with E-state index in [4.69, 9.17) is 0 Å². The van der Waals surface area contributed by atoms with Gasteiger partial charge in [0.15, 0.2) is 0 Å². The van der Waals surface area contributed by atoms with Crippen LogP contribution in [0.15, 0.2) is 0 Å². The molecule has 1 unspecified atom stereocenters. The third kappa shape index (κ3) is 6.75. The van der Waals surface area contributed by atoms with E-state index in [0.29, 0.717) is 0 Å². The summed E-state index contributed by atoms with van der Waals surface area (Å²) in [5, 5.41) is 0. The van der Waals surface area contributed by atoms with Crippen molar-refractivity contribution in [1.29, 1.82) is 0 Å². The highest BCUT2D eigenvalue weighted by Crippen LogP contribution is 2.20. The Morgan fingerprint density at radius 3 is 2.78 bits per heavy atom. The highest BCUT2D eigenvalue weighted by Gasteiger charge is 2.19. The van der Waals surface area contributed by atoms with E-state index in [-0.39, 0.29) is 0 Å². The predicted molar refractivity (Wildman–Crippen MR) is 81.0 cm³/mol. The fraction of sp³-hybridized carbons (Fsp3) is 1.00. The summed E-state index contributed by atoms with van der Waals surface area (Å²) in [6, 6.07) is 0. The van der Waals surface area contributed by atoms with Crippen molar-refractivity contribution in [3.63, 3.8) is 0 Å². The van der Waals surface area contributed by atoms with Crippen molar-refractivity contribution in [2.75, 3.05) is 39.8 Å². The Morgan fingerprint density at radius 2 is 2.11 bits per heavy atom. The third-order valence-electron chi connectivity index (χ3n) is 4.03. The van der Waals surface area contributed by atoms with Crippen LogP contribution in [0.1, 0.15) is 52.9 Å². The Labute approximate surface area is 115 Å². The maximum Gasteiger partial charge on any atom is 0.00101 e. The molecule has 0 N–H and O–H groups in total. The average Bonchev–Trinajstić information content (AvgIpc) is 2.33. The second-order valence-electron chi connectivity index (χ2n) is 6.61. The van der Waals surface area contributed by atoms with Gasteiger partial charge in [0.1, 0.15) is 0 Å². The lowest BCUT2D eigenvalue weighted by Crippen LogP contribution is -2.37. The molecule has 0 bridgehead atoms. The van der Waals surface area contributed by atoms with Gasteiger partial charge in [-0.15, -0.1) is 0 Å². The zero-order valence-corrected chi connectivity index (χ0v) is 13.1. The molecular formula is C16H34N2. The summed E-state index contributed by atoms with van der Waals surface area (Å²) in [4.78, 5) is 5.20. The van der Waals surface area contributed by atoms with Gasteiger partial charge in [0.2, 0.25) is 0 Å². The Balaban J connectivity index is 2.17. The summed E-state index contributed by atoms with van der Waals surface area (Å²) >= 11 is 0. The van der Waals surface area contributed by atoms with E-state index in [9.17, 15) is 0 Å². The van der Waals surface area contributed by atoms with Gasteiger partial charge in [0.05, 0.1) is 0 Å². The standard InChI is InChI=1S/C16H34N2/c1-5-6-10-18-11-7-8-16(14-18)9-12-17(4)13-15(2)3/h15-16H,5-14H2,1-4H3. The molecule has 0 aromatic heterocycles. The molecule has 18 heavy (non-hydrogen) atoms. The summed E-state index contributed by atoms with van der Waals surface area (Å²) in [5.74, 6) is 1.74. The van der Waals surface area contributed by atoms with Gasteiger partial charge in [0, 0.05) is 13.1 Å². The number of piperidine rings is 1. The van der Waals surface area contributed by atoms with E-state index in [0.717, 1.165) is 11.8 Å². The molecule has 1 aliphatic rings. The molecule has 0 amide bonds. The van der Waals surface area contributed by atoms with Gasteiger partial charge >= 0.3 is 0 Å². The van der Waals surface area contributed by atoms with Crippen LogP contribution >= 0.6 is 0 Å². The van der Waals surface area contributed by atoms with Crippen LogP contribution < -0.4 is 0 Å². The molecule has 1 heterocycles. The van der Waals surface area contributed by atoms with Crippen LogP contribution in [0.25, 0.3) is 0 Å². The fourth-order valence-corrected chi connectivity index (χ4v) is 3.09. The van der Waals surface area contributed by atoms with Crippen LogP contribution in [0, 0.1) is 11.8 Å². The second kappa shape index (κ2) is 8.92. The Hall–Kier alpha value is -0.0800. The highest BCUT2D eigenvalue weighted by molar-refractivity contribution is 4.74. The molecule has 0 saturated carbocycles. The van der Waals surface area contributed by atoms with Crippen molar-refractivity contribution in [1.82, 2.24) is 9.80 Å². The molecule has 0 radical (unpaired) electrons. The zero-order valence-electron chi connectivity index (χ0n) is 13.1.